The Bertz CT molecular complexity index is 497. The summed E-state index contributed by atoms with van der Waals surface area (Å²) in [7, 11) is 0. The Morgan fingerprint density at radius 1 is 1.06 bits per heavy atom. The van der Waals surface area contributed by atoms with Gasteiger partial charge in [-0.2, -0.15) is 0 Å². The lowest BCUT2D eigenvalue weighted by atomic mass is 10.2. The van der Waals surface area contributed by atoms with Crippen LogP contribution in [0.1, 0.15) is 0 Å². The molecular formula is C12H11ClN2O. The van der Waals surface area contributed by atoms with Crippen LogP contribution < -0.4 is 11.1 Å². The van der Waals surface area contributed by atoms with Gasteiger partial charge in [-0.1, -0.05) is 17.7 Å². The van der Waals surface area contributed by atoms with Gasteiger partial charge in [0.05, 0.1) is 5.69 Å². The summed E-state index contributed by atoms with van der Waals surface area (Å²) < 4.78 is 0. The van der Waals surface area contributed by atoms with Crippen LogP contribution in [0.2, 0.25) is 5.02 Å². The maximum Gasteiger partial charge on any atom is 0.136 e. The van der Waals surface area contributed by atoms with Gasteiger partial charge in [0.25, 0.3) is 0 Å². The van der Waals surface area contributed by atoms with Crippen molar-refractivity contribution in [3.8, 4) is 5.75 Å². The molecule has 0 aliphatic heterocycles. The fraction of sp³-hybridized carbons (Fsp3) is 0. The highest BCUT2D eigenvalue weighted by Gasteiger charge is 2.04. The summed E-state index contributed by atoms with van der Waals surface area (Å²) in [6, 6.07) is 12.3. The lowest BCUT2D eigenvalue weighted by Crippen LogP contribution is -1.92. The molecule has 4 heteroatoms. The van der Waals surface area contributed by atoms with Crippen molar-refractivity contribution in [2.75, 3.05) is 11.1 Å². The Kier molecular flexibility index (Phi) is 2.88. The number of aromatic hydroxyl groups is 1. The normalized spacial score (nSPS) is 10.1. The number of anilines is 3. The first-order valence-electron chi connectivity index (χ1n) is 4.77. The van der Waals surface area contributed by atoms with E-state index in [9.17, 15) is 5.11 Å². The molecule has 16 heavy (non-hydrogen) atoms. The molecule has 2 aromatic rings. The van der Waals surface area contributed by atoms with Crippen molar-refractivity contribution < 1.29 is 5.11 Å². The van der Waals surface area contributed by atoms with Gasteiger partial charge in [0.15, 0.2) is 0 Å². The fourth-order valence-corrected chi connectivity index (χ4v) is 1.51. The van der Waals surface area contributed by atoms with Gasteiger partial charge in [-0.15, -0.1) is 0 Å². The predicted octanol–water partition coefficient (Wildman–Crippen LogP) is 3.37. The van der Waals surface area contributed by atoms with Crippen molar-refractivity contribution >= 4 is 28.7 Å². The van der Waals surface area contributed by atoms with Gasteiger partial charge in [0.2, 0.25) is 0 Å². The van der Waals surface area contributed by atoms with Gasteiger partial charge in [-0.25, -0.2) is 0 Å². The van der Waals surface area contributed by atoms with E-state index in [0.717, 1.165) is 5.69 Å². The van der Waals surface area contributed by atoms with E-state index in [4.69, 9.17) is 17.3 Å². The summed E-state index contributed by atoms with van der Waals surface area (Å²) in [5, 5.41) is 12.8. The zero-order chi connectivity index (χ0) is 11.5. The third-order valence-corrected chi connectivity index (χ3v) is 2.57. The highest BCUT2D eigenvalue weighted by Crippen LogP contribution is 2.32. The van der Waals surface area contributed by atoms with E-state index in [0.29, 0.717) is 16.4 Å². The number of phenols is 1. The Morgan fingerprint density at radius 2 is 1.75 bits per heavy atom. The second-order valence-electron chi connectivity index (χ2n) is 3.39. The van der Waals surface area contributed by atoms with Crippen LogP contribution in [0, 0.1) is 0 Å². The van der Waals surface area contributed by atoms with E-state index in [1.807, 2.05) is 12.1 Å². The molecule has 0 radical (unpaired) electrons. The monoisotopic (exact) mass is 234 g/mol. The maximum atomic E-state index is 9.43. The predicted molar refractivity (Wildman–Crippen MR) is 67.3 cm³/mol. The molecule has 0 spiro atoms. The van der Waals surface area contributed by atoms with Crippen LogP contribution in [-0.4, -0.2) is 5.11 Å². The molecule has 0 saturated heterocycles. The first-order chi connectivity index (χ1) is 7.66. The summed E-state index contributed by atoms with van der Waals surface area (Å²) >= 11 is 5.94. The summed E-state index contributed by atoms with van der Waals surface area (Å²) in [5.74, 6) is 0.0575. The molecule has 0 bridgehead atoms. The molecule has 0 heterocycles. The highest BCUT2D eigenvalue weighted by atomic mass is 35.5. The van der Waals surface area contributed by atoms with Crippen LogP contribution in [0.25, 0.3) is 0 Å². The Hall–Kier alpha value is -1.87. The van der Waals surface area contributed by atoms with Crippen LogP contribution in [0.3, 0.4) is 0 Å². The second-order valence-corrected chi connectivity index (χ2v) is 3.76. The number of nitrogen functional groups attached to an aromatic ring is 1. The number of benzene rings is 2. The number of nitrogens with two attached hydrogens (primary N) is 1. The molecule has 0 aliphatic rings. The number of rotatable bonds is 2. The molecule has 82 valence electrons. The van der Waals surface area contributed by atoms with E-state index in [2.05, 4.69) is 5.32 Å². The van der Waals surface area contributed by atoms with Crippen LogP contribution in [0.5, 0.6) is 5.75 Å². The average Bonchev–Trinajstić information content (AvgIpc) is 2.28. The molecular weight excluding hydrogens is 224 g/mol. The third-order valence-electron chi connectivity index (χ3n) is 2.17. The number of hydrogen-bond acceptors (Lipinski definition) is 3. The Morgan fingerprint density at radius 3 is 2.44 bits per heavy atom. The van der Waals surface area contributed by atoms with Crippen LogP contribution in [-0.2, 0) is 0 Å². The zero-order valence-corrected chi connectivity index (χ0v) is 9.20. The number of nitrogens with one attached hydrogen (secondary N) is 1. The minimum absolute atomic E-state index is 0.0575. The summed E-state index contributed by atoms with van der Waals surface area (Å²) in [5.41, 5.74) is 7.80. The van der Waals surface area contributed by atoms with E-state index in [1.165, 1.54) is 6.07 Å². The molecule has 0 saturated carbocycles. The first-order valence-corrected chi connectivity index (χ1v) is 5.14. The highest BCUT2D eigenvalue weighted by molar-refractivity contribution is 6.34. The fourth-order valence-electron chi connectivity index (χ4n) is 1.34. The van der Waals surface area contributed by atoms with Crippen molar-refractivity contribution in [3.63, 3.8) is 0 Å². The van der Waals surface area contributed by atoms with Crippen LogP contribution in [0.4, 0.5) is 17.1 Å². The Labute approximate surface area is 98.5 Å². The van der Waals surface area contributed by atoms with E-state index < -0.39 is 0 Å². The molecule has 0 unspecified atom stereocenters. The van der Waals surface area contributed by atoms with Crippen molar-refractivity contribution in [1.29, 1.82) is 0 Å². The van der Waals surface area contributed by atoms with Gasteiger partial charge in [-0.3, -0.25) is 0 Å². The zero-order valence-electron chi connectivity index (χ0n) is 8.44. The summed E-state index contributed by atoms with van der Waals surface area (Å²) in [4.78, 5) is 0. The molecule has 0 aromatic heterocycles. The molecule has 3 nitrogen and oxygen atoms in total. The van der Waals surface area contributed by atoms with Gasteiger partial charge in [-0.05, 0) is 36.4 Å². The van der Waals surface area contributed by atoms with E-state index in [-0.39, 0.29) is 5.75 Å². The van der Waals surface area contributed by atoms with E-state index >= 15 is 0 Å². The number of halogens is 1. The number of phenolic OH excluding ortho intramolecular Hbond substituents is 1. The SMILES string of the molecule is Nc1ccc(Nc2cccc(O)c2Cl)cc1. The molecule has 0 aliphatic carbocycles. The second kappa shape index (κ2) is 4.33. The van der Waals surface area contributed by atoms with Crippen molar-refractivity contribution in [3.05, 3.63) is 47.5 Å². The molecule has 0 atom stereocenters. The minimum Gasteiger partial charge on any atom is -0.506 e. The van der Waals surface area contributed by atoms with Gasteiger partial charge >= 0.3 is 0 Å². The molecule has 4 N–H and O–H groups in total. The van der Waals surface area contributed by atoms with Gasteiger partial charge < -0.3 is 16.2 Å². The summed E-state index contributed by atoms with van der Waals surface area (Å²) in [6.07, 6.45) is 0. The standard InChI is InChI=1S/C12H11ClN2O/c13-12-10(2-1-3-11(12)16)15-9-6-4-8(14)5-7-9/h1-7,15-16H,14H2. The van der Waals surface area contributed by atoms with Crippen molar-refractivity contribution in [1.82, 2.24) is 0 Å². The smallest absolute Gasteiger partial charge is 0.136 e. The minimum atomic E-state index is 0.0575. The molecule has 2 rings (SSSR count). The van der Waals surface area contributed by atoms with Crippen LogP contribution >= 0.6 is 11.6 Å². The average molecular weight is 235 g/mol. The van der Waals surface area contributed by atoms with Crippen molar-refractivity contribution in [2.45, 2.75) is 0 Å². The van der Waals surface area contributed by atoms with Crippen LogP contribution in [0.15, 0.2) is 42.5 Å². The first kappa shape index (κ1) is 10.6. The lowest BCUT2D eigenvalue weighted by molar-refractivity contribution is 0.476. The Balaban J connectivity index is 2.27. The lowest BCUT2D eigenvalue weighted by Gasteiger charge is -2.09. The topological polar surface area (TPSA) is 58.3 Å². The molecule has 0 fully saturated rings. The third kappa shape index (κ3) is 2.20. The number of hydrogen-bond donors (Lipinski definition) is 3. The van der Waals surface area contributed by atoms with E-state index in [1.54, 1.807) is 24.3 Å². The quantitative estimate of drug-likeness (QED) is 0.699. The van der Waals surface area contributed by atoms with Gasteiger partial charge in [0, 0.05) is 11.4 Å². The largest absolute Gasteiger partial charge is 0.506 e. The summed E-state index contributed by atoms with van der Waals surface area (Å²) in [6.45, 7) is 0. The van der Waals surface area contributed by atoms with Gasteiger partial charge in [0.1, 0.15) is 10.8 Å². The maximum absolute atomic E-state index is 9.43. The molecule has 0 amide bonds. The van der Waals surface area contributed by atoms with Crippen molar-refractivity contribution in [2.24, 2.45) is 0 Å². The molecule has 2 aromatic carbocycles.